The first-order valence-electron chi connectivity index (χ1n) is 11.0. The molecule has 1 fully saturated rings. The van der Waals surface area contributed by atoms with Gasteiger partial charge in [-0.05, 0) is 49.6 Å². The summed E-state index contributed by atoms with van der Waals surface area (Å²) >= 11 is 0. The SMILES string of the molecule is CCOC(=O)C[C@@H]1[C@H](OC(=O)c2ccc(OC)cc2)CCCN1C(=O)OCc1ccccc1. The van der Waals surface area contributed by atoms with Gasteiger partial charge in [0.2, 0.25) is 0 Å². The number of amides is 1. The van der Waals surface area contributed by atoms with E-state index in [0.29, 0.717) is 30.7 Å². The Balaban J connectivity index is 1.72. The molecule has 1 aliphatic heterocycles. The highest BCUT2D eigenvalue weighted by Gasteiger charge is 2.39. The lowest BCUT2D eigenvalue weighted by molar-refractivity contribution is -0.146. The van der Waals surface area contributed by atoms with Gasteiger partial charge < -0.3 is 23.8 Å². The van der Waals surface area contributed by atoms with Crippen LogP contribution in [0.15, 0.2) is 54.6 Å². The van der Waals surface area contributed by atoms with E-state index in [1.165, 1.54) is 4.90 Å². The van der Waals surface area contributed by atoms with E-state index in [-0.39, 0.29) is 19.6 Å². The Kier molecular flexibility index (Phi) is 8.69. The lowest BCUT2D eigenvalue weighted by Crippen LogP contribution is -2.53. The van der Waals surface area contributed by atoms with Gasteiger partial charge in [0.1, 0.15) is 18.5 Å². The third kappa shape index (κ3) is 6.71. The summed E-state index contributed by atoms with van der Waals surface area (Å²) in [6.45, 7) is 2.44. The smallest absolute Gasteiger partial charge is 0.410 e. The molecule has 0 aromatic heterocycles. The van der Waals surface area contributed by atoms with E-state index in [9.17, 15) is 14.4 Å². The number of methoxy groups -OCH3 is 1. The molecule has 0 radical (unpaired) electrons. The van der Waals surface area contributed by atoms with Crippen molar-refractivity contribution < 1.29 is 33.3 Å². The molecule has 8 nitrogen and oxygen atoms in total. The summed E-state index contributed by atoms with van der Waals surface area (Å²) in [5.41, 5.74) is 1.21. The second-order valence-corrected chi connectivity index (χ2v) is 7.62. The zero-order valence-corrected chi connectivity index (χ0v) is 18.9. The summed E-state index contributed by atoms with van der Waals surface area (Å²) in [5.74, 6) is -0.372. The van der Waals surface area contributed by atoms with Crippen molar-refractivity contribution in [1.82, 2.24) is 4.90 Å². The normalized spacial score (nSPS) is 17.7. The van der Waals surface area contributed by atoms with Crippen molar-refractivity contribution in [2.45, 2.75) is 44.9 Å². The van der Waals surface area contributed by atoms with E-state index in [0.717, 1.165) is 5.56 Å². The molecule has 0 unspecified atom stereocenters. The fourth-order valence-corrected chi connectivity index (χ4v) is 3.75. The van der Waals surface area contributed by atoms with Gasteiger partial charge in [-0.15, -0.1) is 0 Å². The number of ether oxygens (including phenoxy) is 4. The zero-order valence-electron chi connectivity index (χ0n) is 18.9. The van der Waals surface area contributed by atoms with Crippen LogP contribution in [-0.2, 0) is 25.6 Å². The fourth-order valence-electron chi connectivity index (χ4n) is 3.75. The largest absolute Gasteiger partial charge is 0.497 e. The average Bonchev–Trinajstić information content (AvgIpc) is 2.84. The zero-order chi connectivity index (χ0) is 23.6. The van der Waals surface area contributed by atoms with Crippen LogP contribution in [0, 0.1) is 0 Å². The quantitative estimate of drug-likeness (QED) is 0.439. The van der Waals surface area contributed by atoms with Crippen LogP contribution >= 0.6 is 0 Å². The molecular weight excluding hydrogens is 426 g/mol. The van der Waals surface area contributed by atoms with Crippen LogP contribution in [0.3, 0.4) is 0 Å². The Morgan fingerprint density at radius 1 is 1.00 bits per heavy atom. The minimum atomic E-state index is -0.678. The average molecular weight is 456 g/mol. The Labute approximate surface area is 193 Å². The van der Waals surface area contributed by atoms with Gasteiger partial charge in [-0.2, -0.15) is 0 Å². The highest BCUT2D eigenvalue weighted by molar-refractivity contribution is 5.89. The number of carbonyl (C=O) groups excluding carboxylic acids is 3. The molecule has 0 saturated carbocycles. The highest BCUT2D eigenvalue weighted by Crippen LogP contribution is 2.26. The molecule has 8 heteroatoms. The van der Waals surface area contributed by atoms with Crippen LogP contribution in [0.1, 0.15) is 42.1 Å². The van der Waals surface area contributed by atoms with Crippen molar-refractivity contribution in [2.24, 2.45) is 0 Å². The fraction of sp³-hybridized carbons (Fsp3) is 0.400. The van der Waals surface area contributed by atoms with Crippen LogP contribution in [0.5, 0.6) is 5.75 Å². The van der Waals surface area contributed by atoms with E-state index in [2.05, 4.69) is 0 Å². The van der Waals surface area contributed by atoms with Crippen molar-refractivity contribution in [3.05, 3.63) is 65.7 Å². The molecule has 3 rings (SSSR count). The molecule has 1 heterocycles. The number of hydrogen-bond donors (Lipinski definition) is 0. The molecule has 1 aliphatic rings. The number of likely N-dealkylation sites (tertiary alicyclic amines) is 1. The van der Waals surface area contributed by atoms with Crippen molar-refractivity contribution in [3.63, 3.8) is 0 Å². The van der Waals surface area contributed by atoms with Crippen LogP contribution in [-0.4, -0.2) is 55.3 Å². The molecule has 2 aromatic carbocycles. The first-order valence-corrected chi connectivity index (χ1v) is 11.0. The van der Waals surface area contributed by atoms with Gasteiger partial charge in [0.05, 0.1) is 31.7 Å². The Morgan fingerprint density at radius 3 is 2.39 bits per heavy atom. The molecule has 0 bridgehead atoms. The van der Waals surface area contributed by atoms with E-state index in [1.54, 1.807) is 38.3 Å². The topological polar surface area (TPSA) is 91.4 Å². The lowest BCUT2D eigenvalue weighted by Gasteiger charge is -2.39. The highest BCUT2D eigenvalue weighted by atomic mass is 16.6. The maximum atomic E-state index is 12.9. The predicted octanol–water partition coefficient (Wildman–Crippen LogP) is 3.98. The maximum absolute atomic E-state index is 12.9. The van der Waals surface area contributed by atoms with Gasteiger partial charge in [-0.1, -0.05) is 30.3 Å². The van der Waals surface area contributed by atoms with Crippen molar-refractivity contribution in [1.29, 1.82) is 0 Å². The van der Waals surface area contributed by atoms with E-state index < -0.39 is 30.2 Å². The summed E-state index contributed by atoms with van der Waals surface area (Å²) in [7, 11) is 1.54. The predicted molar refractivity (Wildman–Crippen MR) is 120 cm³/mol. The van der Waals surface area contributed by atoms with Gasteiger partial charge in [0.25, 0.3) is 0 Å². The number of hydrogen-bond acceptors (Lipinski definition) is 7. The molecule has 1 saturated heterocycles. The molecule has 2 aromatic rings. The third-order valence-corrected chi connectivity index (χ3v) is 5.42. The van der Waals surface area contributed by atoms with Crippen molar-refractivity contribution in [2.75, 3.05) is 20.3 Å². The summed E-state index contributed by atoms with van der Waals surface area (Å²) < 4.78 is 21.4. The van der Waals surface area contributed by atoms with Crippen molar-refractivity contribution in [3.8, 4) is 5.75 Å². The van der Waals surface area contributed by atoms with Gasteiger partial charge in [-0.3, -0.25) is 4.79 Å². The molecule has 176 valence electrons. The molecule has 0 aliphatic carbocycles. The van der Waals surface area contributed by atoms with Crippen LogP contribution in [0.25, 0.3) is 0 Å². The Bertz CT molecular complexity index is 930. The van der Waals surface area contributed by atoms with Gasteiger partial charge in [0, 0.05) is 6.54 Å². The first kappa shape index (κ1) is 24.1. The number of carbonyl (C=O) groups is 3. The summed E-state index contributed by atoms with van der Waals surface area (Å²) in [6, 6.07) is 15.2. The summed E-state index contributed by atoms with van der Waals surface area (Å²) in [5, 5.41) is 0. The molecule has 0 N–H and O–H groups in total. The Hall–Kier alpha value is -3.55. The second-order valence-electron chi connectivity index (χ2n) is 7.62. The first-order chi connectivity index (χ1) is 16.0. The molecule has 2 atom stereocenters. The lowest BCUT2D eigenvalue weighted by atomic mass is 9.96. The summed E-state index contributed by atoms with van der Waals surface area (Å²) in [4.78, 5) is 39.4. The van der Waals surface area contributed by atoms with Crippen LogP contribution in [0.4, 0.5) is 4.79 Å². The molecule has 1 amide bonds. The molecular formula is C25H29NO7. The van der Waals surface area contributed by atoms with Gasteiger partial charge in [0.15, 0.2) is 0 Å². The number of nitrogens with zero attached hydrogens (tertiary/aromatic N) is 1. The summed E-state index contributed by atoms with van der Waals surface area (Å²) in [6.07, 6.45) is -0.177. The van der Waals surface area contributed by atoms with Crippen LogP contribution in [0.2, 0.25) is 0 Å². The number of rotatable bonds is 8. The van der Waals surface area contributed by atoms with E-state index in [4.69, 9.17) is 18.9 Å². The number of esters is 2. The molecule has 0 spiro atoms. The number of benzene rings is 2. The van der Waals surface area contributed by atoms with E-state index in [1.807, 2.05) is 30.3 Å². The second kappa shape index (κ2) is 11.9. The van der Waals surface area contributed by atoms with Gasteiger partial charge >= 0.3 is 18.0 Å². The number of piperidine rings is 1. The minimum absolute atomic E-state index is 0.0885. The minimum Gasteiger partial charge on any atom is -0.497 e. The van der Waals surface area contributed by atoms with Gasteiger partial charge in [-0.25, -0.2) is 9.59 Å². The third-order valence-electron chi connectivity index (χ3n) is 5.42. The monoisotopic (exact) mass is 455 g/mol. The van der Waals surface area contributed by atoms with Crippen molar-refractivity contribution >= 4 is 18.0 Å². The standard InChI is InChI=1S/C25H29NO7/c1-3-31-23(27)16-21-22(33-24(28)19-11-13-20(30-2)14-12-19)10-7-15-26(21)25(29)32-17-18-8-5-4-6-9-18/h4-6,8-9,11-14,21-22H,3,7,10,15-17H2,1-2H3/t21-,22-/m1/s1. The van der Waals surface area contributed by atoms with Crippen LogP contribution < -0.4 is 4.74 Å². The maximum Gasteiger partial charge on any atom is 0.410 e. The Morgan fingerprint density at radius 2 is 1.73 bits per heavy atom. The molecule has 33 heavy (non-hydrogen) atoms. The van der Waals surface area contributed by atoms with E-state index >= 15 is 0 Å².